The Kier molecular flexibility index (Phi) is 8.66. The predicted octanol–water partition coefficient (Wildman–Crippen LogP) is 3.93. The highest BCUT2D eigenvalue weighted by Crippen LogP contribution is 2.24. The molecule has 0 bridgehead atoms. The van der Waals surface area contributed by atoms with Crippen molar-refractivity contribution in [2.24, 2.45) is 0 Å². The van der Waals surface area contributed by atoms with Crippen LogP contribution in [0, 0.1) is 0 Å². The standard InChI is InChI=1S/C20H25ClN2O3S2/c1-3-19(23(28(2,25)26)18-11-9-17(21)10-12-18)20(24)22-13-14-27-15-16-7-5-4-6-8-16/h4-12,19H,3,13-15H2,1-2H3,(H,22,24). The second kappa shape index (κ2) is 10.7. The van der Waals surface area contributed by atoms with Gasteiger partial charge in [-0.1, -0.05) is 48.9 Å². The van der Waals surface area contributed by atoms with Gasteiger partial charge in [0.25, 0.3) is 0 Å². The molecule has 0 heterocycles. The Morgan fingerprint density at radius 1 is 1.14 bits per heavy atom. The fraction of sp³-hybridized carbons (Fsp3) is 0.350. The Morgan fingerprint density at radius 3 is 2.36 bits per heavy atom. The van der Waals surface area contributed by atoms with Crippen LogP contribution in [0.15, 0.2) is 54.6 Å². The molecule has 0 fully saturated rings. The van der Waals surface area contributed by atoms with E-state index in [0.29, 0.717) is 23.7 Å². The molecule has 5 nitrogen and oxygen atoms in total. The molecule has 0 aliphatic heterocycles. The van der Waals surface area contributed by atoms with Gasteiger partial charge in [0, 0.05) is 23.1 Å². The van der Waals surface area contributed by atoms with Crippen LogP contribution in [-0.4, -0.2) is 38.9 Å². The zero-order valence-electron chi connectivity index (χ0n) is 16.0. The highest BCUT2D eigenvalue weighted by atomic mass is 35.5. The number of halogens is 1. The normalized spacial score (nSPS) is 12.4. The molecule has 1 unspecified atom stereocenters. The maximum absolute atomic E-state index is 12.7. The number of carbonyl (C=O) groups excluding carboxylic acids is 1. The van der Waals surface area contributed by atoms with Gasteiger partial charge in [-0.3, -0.25) is 9.10 Å². The van der Waals surface area contributed by atoms with Gasteiger partial charge in [-0.2, -0.15) is 11.8 Å². The molecule has 2 aromatic carbocycles. The summed E-state index contributed by atoms with van der Waals surface area (Å²) < 4.78 is 25.9. The number of hydrogen-bond donors (Lipinski definition) is 1. The first-order valence-corrected chi connectivity index (χ1v) is 12.4. The smallest absolute Gasteiger partial charge is 0.243 e. The third-order valence-electron chi connectivity index (χ3n) is 4.07. The Hall–Kier alpha value is -1.70. The number of sulfonamides is 1. The van der Waals surface area contributed by atoms with Crippen LogP contribution in [0.25, 0.3) is 0 Å². The molecular formula is C20H25ClN2O3S2. The van der Waals surface area contributed by atoms with Gasteiger partial charge < -0.3 is 5.32 Å². The summed E-state index contributed by atoms with van der Waals surface area (Å²) in [6.45, 7) is 2.27. The topological polar surface area (TPSA) is 66.5 Å². The minimum atomic E-state index is -3.63. The molecule has 0 saturated heterocycles. The van der Waals surface area contributed by atoms with Gasteiger partial charge in [0.1, 0.15) is 6.04 Å². The minimum Gasteiger partial charge on any atom is -0.353 e. The van der Waals surface area contributed by atoms with Crippen LogP contribution in [0.3, 0.4) is 0 Å². The van der Waals surface area contributed by atoms with Gasteiger partial charge in [0.2, 0.25) is 15.9 Å². The molecule has 0 aliphatic carbocycles. The molecule has 2 rings (SSSR count). The van der Waals surface area contributed by atoms with E-state index in [1.807, 2.05) is 18.2 Å². The van der Waals surface area contributed by atoms with E-state index in [1.54, 1.807) is 43.0 Å². The second-order valence-corrected chi connectivity index (χ2v) is 9.69. The SMILES string of the molecule is CCC(C(=O)NCCSCc1ccccc1)N(c1ccc(Cl)cc1)S(C)(=O)=O. The molecule has 28 heavy (non-hydrogen) atoms. The Morgan fingerprint density at radius 2 is 1.79 bits per heavy atom. The van der Waals surface area contributed by atoms with Crippen molar-refractivity contribution in [2.45, 2.75) is 25.1 Å². The van der Waals surface area contributed by atoms with E-state index >= 15 is 0 Å². The van der Waals surface area contributed by atoms with Crippen molar-refractivity contribution >= 4 is 45.0 Å². The lowest BCUT2D eigenvalue weighted by Gasteiger charge is -2.30. The van der Waals surface area contributed by atoms with Crippen molar-refractivity contribution in [1.82, 2.24) is 5.32 Å². The molecule has 0 aromatic heterocycles. The number of anilines is 1. The van der Waals surface area contributed by atoms with Gasteiger partial charge in [-0.15, -0.1) is 0 Å². The highest BCUT2D eigenvalue weighted by molar-refractivity contribution is 7.98. The third-order valence-corrected chi connectivity index (χ3v) is 6.53. The summed E-state index contributed by atoms with van der Waals surface area (Å²) in [7, 11) is -3.63. The van der Waals surface area contributed by atoms with Crippen LogP contribution in [0.1, 0.15) is 18.9 Å². The molecule has 0 spiro atoms. The summed E-state index contributed by atoms with van der Waals surface area (Å²) >= 11 is 7.62. The first-order chi connectivity index (χ1) is 13.3. The number of amides is 1. The van der Waals surface area contributed by atoms with Crippen LogP contribution < -0.4 is 9.62 Å². The van der Waals surface area contributed by atoms with Gasteiger partial charge in [-0.05, 0) is 36.2 Å². The van der Waals surface area contributed by atoms with Crippen molar-refractivity contribution in [3.8, 4) is 0 Å². The molecule has 152 valence electrons. The zero-order chi connectivity index (χ0) is 20.6. The van der Waals surface area contributed by atoms with Crippen molar-refractivity contribution in [2.75, 3.05) is 22.9 Å². The molecule has 0 radical (unpaired) electrons. The number of hydrogen-bond acceptors (Lipinski definition) is 4. The molecule has 8 heteroatoms. The molecule has 0 saturated carbocycles. The maximum Gasteiger partial charge on any atom is 0.243 e. The largest absolute Gasteiger partial charge is 0.353 e. The Balaban J connectivity index is 1.96. The highest BCUT2D eigenvalue weighted by Gasteiger charge is 2.31. The van der Waals surface area contributed by atoms with Crippen LogP contribution >= 0.6 is 23.4 Å². The fourth-order valence-electron chi connectivity index (χ4n) is 2.78. The Labute approximate surface area is 176 Å². The van der Waals surface area contributed by atoms with Crippen molar-refractivity contribution in [3.05, 3.63) is 65.2 Å². The van der Waals surface area contributed by atoms with Gasteiger partial charge in [0.05, 0.1) is 11.9 Å². The lowest BCUT2D eigenvalue weighted by atomic mass is 10.2. The quantitative estimate of drug-likeness (QED) is 0.568. The number of nitrogens with zero attached hydrogens (tertiary/aromatic N) is 1. The van der Waals surface area contributed by atoms with Gasteiger partial charge in [0.15, 0.2) is 0 Å². The van der Waals surface area contributed by atoms with E-state index in [0.717, 1.165) is 22.1 Å². The van der Waals surface area contributed by atoms with Crippen LogP contribution in [0.4, 0.5) is 5.69 Å². The van der Waals surface area contributed by atoms with E-state index < -0.39 is 16.1 Å². The summed E-state index contributed by atoms with van der Waals surface area (Å²) in [4.78, 5) is 12.7. The average molecular weight is 441 g/mol. The molecule has 1 amide bonds. The maximum atomic E-state index is 12.7. The minimum absolute atomic E-state index is 0.303. The first-order valence-electron chi connectivity index (χ1n) is 8.97. The monoisotopic (exact) mass is 440 g/mol. The number of nitrogens with one attached hydrogen (secondary N) is 1. The molecule has 0 aliphatic rings. The first kappa shape index (κ1) is 22.6. The third kappa shape index (κ3) is 6.72. The number of carbonyl (C=O) groups is 1. The van der Waals surface area contributed by atoms with Gasteiger partial charge in [-0.25, -0.2) is 8.42 Å². The predicted molar refractivity (Wildman–Crippen MR) is 118 cm³/mol. The number of benzene rings is 2. The Bertz CT molecular complexity index is 859. The zero-order valence-corrected chi connectivity index (χ0v) is 18.4. The number of thioether (sulfide) groups is 1. The molecule has 1 N–H and O–H groups in total. The fourth-order valence-corrected chi connectivity index (χ4v) is 4.93. The van der Waals surface area contributed by atoms with E-state index in [-0.39, 0.29) is 5.91 Å². The molecule has 1 atom stereocenters. The van der Waals surface area contributed by atoms with E-state index in [9.17, 15) is 13.2 Å². The number of rotatable bonds is 10. The lowest BCUT2D eigenvalue weighted by Crippen LogP contribution is -2.49. The summed E-state index contributed by atoms with van der Waals surface area (Å²) in [6, 6.07) is 15.7. The van der Waals surface area contributed by atoms with Crippen LogP contribution in [0.5, 0.6) is 0 Å². The second-order valence-electron chi connectivity index (χ2n) is 6.29. The van der Waals surface area contributed by atoms with Crippen molar-refractivity contribution in [1.29, 1.82) is 0 Å². The lowest BCUT2D eigenvalue weighted by molar-refractivity contribution is -0.122. The summed E-state index contributed by atoms with van der Waals surface area (Å²) in [5.74, 6) is 1.31. The summed E-state index contributed by atoms with van der Waals surface area (Å²) in [5.41, 5.74) is 1.66. The summed E-state index contributed by atoms with van der Waals surface area (Å²) in [5, 5.41) is 3.37. The van der Waals surface area contributed by atoms with E-state index in [1.165, 1.54) is 5.56 Å². The van der Waals surface area contributed by atoms with Crippen LogP contribution in [0.2, 0.25) is 5.02 Å². The van der Waals surface area contributed by atoms with Gasteiger partial charge >= 0.3 is 0 Å². The summed E-state index contributed by atoms with van der Waals surface area (Å²) in [6.07, 6.45) is 1.46. The van der Waals surface area contributed by atoms with E-state index in [4.69, 9.17) is 11.6 Å². The van der Waals surface area contributed by atoms with Crippen LogP contribution in [-0.2, 0) is 20.6 Å². The average Bonchev–Trinajstić information content (AvgIpc) is 2.66. The molecule has 2 aromatic rings. The van der Waals surface area contributed by atoms with Crippen molar-refractivity contribution < 1.29 is 13.2 Å². The molecular weight excluding hydrogens is 416 g/mol. The van der Waals surface area contributed by atoms with Crippen molar-refractivity contribution in [3.63, 3.8) is 0 Å². The van der Waals surface area contributed by atoms with E-state index in [2.05, 4.69) is 17.4 Å².